The Kier molecular flexibility index (Phi) is 20.3. The number of aromatic nitrogens is 4. The molecule has 0 saturated heterocycles. The van der Waals surface area contributed by atoms with Crippen molar-refractivity contribution >= 4 is 11.4 Å². The molecule has 4 aromatic heterocycles. The van der Waals surface area contributed by atoms with Gasteiger partial charge in [0, 0.05) is 61.1 Å². The van der Waals surface area contributed by atoms with E-state index in [0.29, 0.717) is 0 Å². The van der Waals surface area contributed by atoms with Crippen LogP contribution in [-0.2, 0) is 0 Å². The van der Waals surface area contributed by atoms with E-state index in [0.717, 1.165) is 77.0 Å². The lowest BCUT2D eigenvalue weighted by atomic mass is 10.0. The standard InChI is InChI=1S/C34H41N3.C30H33N3/c1-3-5-7-14-24-37(25-15-8-6-4-2)31-21-19-28(20-22-31)30-26-33(29-16-10-9-11-17-29)36-34(27-30)32-18-12-13-23-35-32;1-3-5-20-33(21-6-4-2)27-17-15-24(16-18-27)26-22-29(25-12-8-7-9-13-25)32-30(23-26)28-14-10-11-19-31-28/h9-13,16-23,26-27H,3-8,14-15,24-25H2,1-2H3;7-19,22-23H,3-6,20-21H2,1-2H3. The second-order valence-electron chi connectivity index (χ2n) is 18.3. The van der Waals surface area contributed by atoms with Gasteiger partial charge in [0.25, 0.3) is 0 Å². The highest BCUT2D eigenvalue weighted by Crippen LogP contribution is 2.33. The molecule has 0 radical (unpaired) electrons. The van der Waals surface area contributed by atoms with Crippen LogP contribution >= 0.6 is 0 Å². The second kappa shape index (κ2) is 27.9. The topological polar surface area (TPSA) is 58.0 Å². The molecule has 0 aliphatic heterocycles. The van der Waals surface area contributed by atoms with Gasteiger partial charge in [-0.2, -0.15) is 0 Å². The first-order chi connectivity index (χ1) is 34.6. The predicted molar refractivity (Wildman–Crippen MR) is 299 cm³/mol. The van der Waals surface area contributed by atoms with E-state index in [1.54, 1.807) is 0 Å². The van der Waals surface area contributed by atoms with E-state index < -0.39 is 0 Å². The molecular weight excluding hydrogens is 853 g/mol. The van der Waals surface area contributed by atoms with Gasteiger partial charge in [0.15, 0.2) is 0 Å². The molecule has 70 heavy (non-hydrogen) atoms. The van der Waals surface area contributed by atoms with Crippen molar-refractivity contribution in [3.63, 3.8) is 0 Å². The zero-order valence-electron chi connectivity index (χ0n) is 42.3. The first kappa shape index (κ1) is 50.9. The van der Waals surface area contributed by atoms with E-state index in [4.69, 9.17) is 9.97 Å². The van der Waals surface area contributed by atoms with Gasteiger partial charge in [0.1, 0.15) is 0 Å². The first-order valence-corrected chi connectivity index (χ1v) is 26.2. The highest BCUT2D eigenvalue weighted by Gasteiger charge is 2.14. The van der Waals surface area contributed by atoms with Crippen LogP contribution in [0.25, 0.3) is 67.5 Å². The molecule has 0 saturated carbocycles. The fourth-order valence-corrected chi connectivity index (χ4v) is 8.83. The second-order valence-corrected chi connectivity index (χ2v) is 18.3. The summed E-state index contributed by atoms with van der Waals surface area (Å²) in [5, 5.41) is 0. The lowest BCUT2D eigenvalue weighted by molar-refractivity contribution is 0.609. The van der Waals surface area contributed by atoms with Gasteiger partial charge in [-0.15, -0.1) is 0 Å². The number of nitrogens with zero attached hydrogens (tertiary/aromatic N) is 6. The van der Waals surface area contributed by atoms with Crippen LogP contribution < -0.4 is 9.80 Å². The molecule has 0 fully saturated rings. The molecule has 0 N–H and O–H groups in total. The fraction of sp³-hybridized carbons (Fsp3) is 0.312. The van der Waals surface area contributed by atoms with Crippen molar-refractivity contribution in [2.45, 2.75) is 105 Å². The highest BCUT2D eigenvalue weighted by molar-refractivity contribution is 5.78. The molecule has 0 amide bonds. The summed E-state index contributed by atoms with van der Waals surface area (Å²) in [6.45, 7) is 13.6. The van der Waals surface area contributed by atoms with Gasteiger partial charge in [-0.1, -0.05) is 176 Å². The van der Waals surface area contributed by atoms with Crippen molar-refractivity contribution in [3.05, 3.63) is 182 Å². The maximum absolute atomic E-state index is 4.97. The van der Waals surface area contributed by atoms with E-state index in [9.17, 15) is 0 Å². The minimum absolute atomic E-state index is 0.887. The van der Waals surface area contributed by atoms with E-state index in [1.807, 2.05) is 60.9 Å². The summed E-state index contributed by atoms with van der Waals surface area (Å²) in [6.07, 6.45) is 18.9. The van der Waals surface area contributed by atoms with Crippen LogP contribution in [0.2, 0.25) is 0 Å². The van der Waals surface area contributed by atoms with Crippen LogP contribution in [0, 0.1) is 0 Å². The molecule has 0 bridgehead atoms. The van der Waals surface area contributed by atoms with Crippen molar-refractivity contribution in [1.82, 2.24) is 19.9 Å². The lowest BCUT2D eigenvalue weighted by Gasteiger charge is -2.25. The Labute approximate surface area is 420 Å². The van der Waals surface area contributed by atoms with Gasteiger partial charge in [-0.25, -0.2) is 9.97 Å². The monoisotopic (exact) mass is 927 g/mol. The predicted octanol–water partition coefficient (Wildman–Crippen LogP) is 17.3. The van der Waals surface area contributed by atoms with Gasteiger partial charge in [-0.05, 0) is 121 Å². The quantitative estimate of drug-likeness (QED) is 0.0563. The Bertz CT molecular complexity index is 2550. The number of hydrogen-bond donors (Lipinski definition) is 0. The minimum Gasteiger partial charge on any atom is -0.372 e. The number of benzene rings is 4. The number of unbranched alkanes of at least 4 members (excludes halogenated alkanes) is 8. The number of hydrogen-bond acceptors (Lipinski definition) is 6. The molecule has 8 aromatic rings. The highest BCUT2D eigenvalue weighted by atomic mass is 15.1. The summed E-state index contributed by atoms with van der Waals surface area (Å²) in [4.78, 5) is 24.1. The summed E-state index contributed by atoms with van der Waals surface area (Å²) in [5.74, 6) is 0. The summed E-state index contributed by atoms with van der Waals surface area (Å²) in [7, 11) is 0. The van der Waals surface area contributed by atoms with Crippen molar-refractivity contribution in [2.75, 3.05) is 36.0 Å². The zero-order chi connectivity index (χ0) is 48.6. The summed E-state index contributed by atoms with van der Waals surface area (Å²) in [5.41, 5.74) is 15.1. The molecule has 0 aliphatic rings. The van der Waals surface area contributed by atoms with Gasteiger partial charge in [0.2, 0.25) is 0 Å². The molecule has 6 heteroatoms. The van der Waals surface area contributed by atoms with Crippen molar-refractivity contribution in [3.8, 4) is 67.5 Å². The van der Waals surface area contributed by atoms with Crippen LogP contribution in [0.15, 0.2) is 182 Å². The van der Waals surface area contributed by atoms with Crippen molar-refractivity contribution < 1.29 is 0 Å². The first-order valence-electron chi connectivity index (χ1n) is 26.2. The normalized spacial score (nSPS) is 10.9. The van der Waals surface area contributed by atoms with Crippen LogP contribution in [-0.4, -0.2) is 46.1 Å². The third-order valence-electron chi connectivity index (χ3n) is 12.9. The Morgan fingerprint density at radius 1 is 0.286 bits per heavy atom. The molecule has 0 spiro atoms. The Balaban J connectivity index is 0.000000208. The van der Waals surface area contributed by atoms with Crippen molar-refractivity contribution in [2.24, 2.45) is 0 Å². The number of pyridine rings is 4. The molecule has 0 atom stereocenters. The number of rotatable bonds is 24. The molecule has 0 unspecified atom stereocenters. The van der Waals surface area contributed by atoms with E-state index in [2.05, 4.69) is 169 Å². The van der Waals surface area contributed by atoms with Crippen LogP contribution in [0.3, 0.4) is 0 Å². The van der Waals surface area contributed by atoms with Gasteiger partial charge >= 0.3 is 0 Å². The Hall–Kier alpha value is -6.92. The summed E-state index contributed by atoms with van der Waals surface area (Å²) >= 11 is 0. The summed E-state index contributed by atoms with van der Waals surface area (Å²) < 4.78 is 0. The third kappa shape index (κ3) is 15.0. The molecule has 8 rings (SSSR count). The largest absolute Gasteiger partial charge is 0.372 e. The maximum atomic E-state index is 4.97. The van der Waals surface area contributed by atoms with E-state index >= 15 is 0 Å². The number of anilines is 2. The molecule has 0 aliphatic carbocycles. The average Bonchev–Trinajstić information content (AvgIpc) is 3.43. The molecular formula is C64H74N6. The van der Waals surface area contributed by atoms with Gasteiger partial charge in [0.05, 0.1) is 34.2 Å². The van der Waals surface area contributed by atoms with Crippen LogP contribution in [0.4, 0.5) is 11.4 Å². The molecule has 4 aromatic carbocycles. The van der Waals surface area contributed by atoms with Crippen LogP contribution in [0.5, 0.6) is 0 Å². The summed E-state index contributed by atoms with van der Waals surface area (Å²) in [6, 6.07) is 59.6. The lowest BCUT2D eigenvalue weighted by Crippen LogP contribution is -2.25. The Morgan fingerprint density at radius 2 is 0.643 bits per heavy atom. The van der Waals surface area contributed by atoms with Crippen molar-refractivity contribution in [1.29, 1.82) is 0 Å². The molecule has 360 valence electrons. The average molecular weight is 927 g/mol. The van der Waals surface area contributed by atoms with Gasteiger partial charge < -0.3 is 9.80 Å². The fourth-order valence-electron chi connectivity index (χ4n) is 8.83. The molecule has 6 nitrogen and oxygen atoms in total. The van der Waals surface area contributed by atoms with E-state index in [-0.39, 0.29) is 0 Å². The zero-order valence-corrected chi connectivity index (χ0v) is 42.3. The minimum atomic E-state index is 0.887. The third-order valence-corrected chi connectivity index (χ3v) is 12.9. The van der Waals surface area contributed by atoms with E-state index in [1.165, 1.54) is 105 Å². The SMILES string of the molecule is CCCCCCN(CCCCCC)c1ccc(-c2cc(-c3ccccc3)nc(-c3ccccn3)c2)cc1.CCCCN(CCCC)c1ccc(-c2cc(-c3ccccc3)nc(-c3ccccn3)c2)cc1. The van der Waals surface area contributed by atoms with Crippen LogP contribution in [0.1, 0.15) is 105 Å². The maximum Gasteiger partial charge on any atom is 0.0899 e. The smallest absolute Gasteiger partial charge is 0.0899 e. The molecule has 4 heterocycles. The Morgan fingerprint density at radius 3 is 1.00 bits per heavy atom. The van der Waals surface area contributed by atoms with Gasteiger partial charge in [-0.3, -0.25) is 9.97 Å².